The van der Waals surface area contributed by atoms with Crippen molar-refractivity contribution in [3.8, 4) is 0 Å². The van der Waals surface area contributed by atoms with E-state index in [0.29, 0.717) is 26.2 Å². The fraction of sp³-hybridized carbons (Fsp3) is 0.875. The molecule has 5 nitrogen and oxygen atoms in total. The van der Waals surface area contributed by atoms with Gasteiger partial charge in [-0.1, -0.05) is 0 Å². The Morgan fingerprint density at radius 1 is 1.46 bits per heavy atom. The summed E-state index contributed by atoms with van der Waals surface area (Å²) in [5.74, 6) is -0.986. The van der Waals surface area contributed by atoms with Gasteiger partial charge in [-0.05, 0) is 12.8 Å². The van der Waals surface area contributed by atoms with E-state index < -0.39 is 12.0 Å². The van der Waals surface area contributed by atoms with Gasteiger partial charge in [0.05, 0.1) is 0 Å². The van der Waals surface area contributed by atoms with Crippen LogP contribution in [0.4, 0.5) is 0 Å². The maximum Gasteiger partial charge on any atom is 0.320 e. The topological polar surface area (TPSA) is 81.8 Å². The van der Waals surface area contributed by atoms with E-state index in [1.54, 1.807) is 7.11 Å². The fourth-order valence-corrected chi connectivity index (χ4v) is 0.741. The van der Waals surface area contributed by atoms with Crippen LogP contribution in [-0.4, -0.2) is 44.0 Å². The summed E-state index contributed by atoms with van der Waals surface area (Å²) in [6.45, 7) is 1.63. The molecule has 0 saturated carbocycles. The van der Waals surface area contributed by atoms with Gasteiger partial charge in [0, 0.05) is 26.9 Å². The second-order valence-corrected chi connectivity index (χ2v) is 2.69. The summed E-state index contributed by atoms with van der Waals surface area (Å²) in [6.07, 6.45) is 1.17. The van der Waals surface area contributed by atoms with Crippen molar-refractivity contribution in [3.63, 3.8) is 0 Å². The lowest BCUT2D eigenvalue weighted by molar-refractivity contribution is -0.139. The number of hydrogen-bond donors (Lipinski definition) is 2. The molecule has 13 heavy (non-hydrogen) atoms. The average Bonchev–Trinajstić information content (AvgIpc) is 2.10. The molecule has 78 valence electrons. The number of ether oxygens (including phenoxy) is 2. The summed E-state index contributed by atoms with van der Waals surface area (Å²) in [5, 5.41) is 8.42. The van der Waals surface area contributed by atoms with E-state index in [0.717, 1.165) is 6.42 Å². The standard InChI is InChI=1S/C8H17NO4/c1-12-4-2-5-13-6-3-7(9)8(10)11/h7H,2-6,9H2,1H3,(H,10,11). The number of nitrogens with two attached hydrogens (primary N) is 1. The van der Waals surface area contributed by atoms with Crippen molar-refractivity contribution < 1.29 is 19.4 Å². The predicted octanol–water partition coefficient (Wildman–Crippen LogP) is -0.158. The van der Waals surface area contributed by atoms with Crippen LogP contribution in [0.25, 0.3) is 0 Å². The van der Waals surface area contributed by atoms with Crippen molar-refractivity contribution in [2.45, 2.75) is 18.9 Å². The smallest absolute Gasteiger partial charge is 0.320 e. The first-order chi connectivity index (χ1) is 6.18. The Balaban J connectivity index is 3.11. The molecule has 1 unspecified atom stereocenters. The van der Waals surface area contributed by atoms with E-state index in [9.17, 15) is 4.79 Å². The summed E-state index contributed by atoms with van der Waals surface area (Å²) in [6, 6.07) is -0.817. The van der Waals surface area contributed by atoms with E-state index in [2.05, 4.69) is 0 Å². The van der Waals surface area contributed by atoms with Crippen molar-refractivity contribution in [1.82, 2.24) is 0 Å². The molecule has 0 bridgehead atoms. The Morgan fingerprint density at radius 2 is 2.15 bits per heavy atom. The zero-order valence-electron chi connectivity index (χ0n) is 7.86. The summed E-state index contributed by atoms with van der Waals surface area (Å²) < 4.78 is 9.94. The second kappa shape index (κ2) is 7.97. The van der Waals surface area contributed by atoms with Gasteiger partial charge in [-0.25, -0.2) is 0 Å². The van der Waals surface area contributed by atoms with Crippen molar-refractivity contribution in [2.24, 2.45) is 5.73 Å². The third-order valence-electron chi connectivity index (χ3n) is 1.53. The molecule has 0 saturated heterocycles. The molecule has 0 aromatic carbocycles. The second-order valence-electron chi connectivity index (χ2n) is 2.69. The maximum absolute atomic E-state index is 10.3. The molecule has 5 heteroatoms. The van der Waals surface area contributed by atoms with Crippen LogP contribution in [0.1, 0.15) is 12.8 Å². The van der Waals surface area contributed by atoms with E-state index in [1.165, 1.54) is 0 Å². The molecular formula is C8H17NO4. The van der Waals surface area contributed by atoms with Crippen molar-refractivity contribution in [3.05, 3.63) is 0 Å². The van der Waals surface area contributed by atoms with Crippen LogP contribution >= 0.6 is 0 Å². The molecular weight excluding hydrogens is 174 g/mol. The van der Waals surface area contributed by atoms with Crippen LogP contribution in [0.2, 0.25) is 0 Å². The molecule has 0 aliphatic rings. The predicted molar refractivity (Wildman–Crippen MR) is 47.5 cm³/mol. The Labute approximate surface area is 77.8 Å². The molecule has 0 aliphatic heterocycles. The monoisotopic (exact) mass is 191 g/mol. The van der Waals surface area contributed by atoms with Crippen molar-refractivity contribution in [1.29, 1.82) is 0 Å². The highest BCUT2D eigenvalue weighted by Gasteiger charge is 2.09. The third kappa shape index (κ3) is 7.70. The third-order valence-corrected chi connectivity index (χ3v) is 1.53. The lowest BCUT2D eigenvalue weighted by Crippen LogP contribution is -2.31. The Hall–Kier alpha value is -0.650. The molecule has 0 aromatic rings. The summed E-state index contributed by atoms with van der Waals surface area (Å²) in [5.41, 5.74) is 5.25. The van der Waals surface area contributed by atoms with Crippen molar-refractivity contribution >= 4 is 5.97 Å². The summed E-state index contributed by atoms with van der Waals surface area (Å²) in [7, 11) is 1.63. The van der Waals surface area contributed by atoms with Gasteiger partial charge >= 0.3 is 5.97 Å². The van der Waals surface area contributed by atoms with Crippen LogP contribution in [0.15, 0.2) is 0 Å². The van der Waals surface area contributed by atoms with Crippen LogP contribution in [-0.2, 0) is 14.3 Å². The highest BCUT2D eigenvalue weighted by atomic mass is 16.5. The van der Waals surface area contributed by atoms with Gasteiger partial charge in [-0.15, -0.1) is 0 Å². The van der Waals surface area contributed by atoms with Crippen LogP contribution in [0.5, 0.6) is 0 Å². The Morgan fingerprint density at radius 3 is 2.69 bits per heavy atom. The fourth-order valence-electron chi connectivity index (χ4n) is 0.741. The minimum atomic E-state index is -0.986. The highest BCUT2D eigenvalue weighted by Crippen LogP contribution is 1.91. The molecule has 0 aromatic heterocycles. The van der Waals surface area contributed by atoms with Gasteiger partial charge in [-0.3, -0.25) is 4.79 Å². The van der Waals surface area contributed by atoms with Gasteiger partial charge in [-0.2, -0.15) is 0 Å². The zero-order valence-corrected chi connectivity index (χ0v) is 7.86. The number of methoxy groups -OCH3 is 1. The maximum atomic E-state index is 10.3. The lowest BCUT2D eigenvalue weighted by atomic mass is 10.2. The van der Waals surface area contributed by atoms with E-state index in [4.69, 9.17) is 20.3 Å². The number of carbonyl (C=O) groups is 1. The van der Waals surface area contributed by atoms with Gasteiger partial charge in [0.1, 0.15) is 6.04 Å². The minimum absolute atomic E-state index is 0.350. The molecule has 0 heterocycles. The molecule has 0 radical (unpaired) electrons. The molecule has 3 N–H and O–H groups in total. The van der Waals surface area contributed by atoms with Crippen molar-refractivity contribution in [2.75, 3.05) is 26.9 Å². The Kier molecular flexibility index (Phi) is 7.57. The molecule has 0 aliphatic carbocycles. The number of rotatable bonds is 8. The number of aliphatic carboxylic acids is 1. The summed E-state index contributed by atoms with van der Waals surface area (Å²) >= 11 is 0. The lowest BCUT2D eigenvalue weighted by Gasteiger charge is -2.06. The minimum Gasteiger partial charge on any atom is -0.480 e. The number of carboxylic acid groups (broad SMARTS) is 1. The SMILES string of the molecule is COCCCOCCC(N)C(=O)O. The van der Waals surface area contributed by atoms with Crippen LogP contribution in [0, 0.1) is 0 Å². The first kappa shape index (κ1) is 12.3. The van der Waals surface area contributed by atoms with Gasteiger partial charge in [0.15, 0.2) is 0 Å². The molecule has 0 rings (SSSR count). The molecule has 1 atom stereocenters. The molecule has 0 amide bonds. The van der Waals surface area contributed by atoms with E-state index >= 15 is 0 Å². The summed E-state index contributed by atoms with van der Waals surface area (Å²) in [4.78, 5) is 10.3. The first-order valence-electron chi connectivity index (χ1n) is 4.23. The highest BCUT2D eigenvalue weighted by molar-refractivity contribution is 5.72. The largest absolute Gasteiger partial charge is 0.480 e. The molecule has 0 fully saturated rings. The Bertz CT molecular complexity index is 140. The van der Waals surface area contributed by atoms with E-state index in [-0.39, 0.29) is 0 Å². The quantitative estimate of drug-likeness (QED) is 0.521. The van der Waals surface area contributed by atoms with Gasteiger partial charge in [0.2, 0.25) is 0 Å². The van der Waals surface area contributed by atoms with Crippen LogP contribution in [0.3, 0.4) is 0 Å². The van der Waals surface area contributed by atoms with Gasteiger partial charge in [0.25, 0.3) is 0 Å². The number of hydrogen-bond acceptors (Lipinski definition) is 4. The zero-order chi connectivity index (χ0) is 10.1. The number of carboxylic acids is 1. The van der Waals surface area contributed by atoms with Gasteiger partial charge < -0.3 is 20.3 Å². The van der Waals surface area contributed by atoms with E-state index in [1.807, 2.05) is 0 Å². The normalized spacial score (nSPS) is 12.8. The molecule has 0 spiro atoms. The van der Waals surface area contributed by atoms with Crippen LogP contribution < -0.4 is 5.73 Å². The average molecular weight is 191 g/mol. The first-order valence-corrected chi connectivity index (χ1v) is 4.23.